The first-order valence-electron chi connectivity index (χ1n) is 20.7. The predicted octanol–water partition coefficient (Wildman–Crippen LogP) is 15.6. The average Bonchev–Trinajstić information content (AvgIpc) is 3.04. The second-order valence-corrected chi connectivity index (χ2v) is 14.3. The molecule has 0 fully saturated rings. The van der Waals surface area contributed by atoms with Gasteiger partial charge >= 0.3 is 0 Å². The summed E-state index contributed by atoms with van der Waals surface area (Å²) in [4.78, 5) is 0. The summed E-state index contributed by atoms with van der Waals surface area (Å²) in [6.45, 7) is 5.73. The fraction of sp³-hybridized carbons (Fsp3) is 0.860. The van der Waals surface area contributed by atoms with Crippen molar-refractivity contribution in [3.8, 4) is 0 Å². The normalized spacial score (nSPS) is 11.4. The molecule has 0 radical (unpaired) electrons. The van der Waals surface area contributed by atoms with Crippen molar-refractivity contribution in [2.24, 2.45) is 0 Å². The maximum atomic E-state index is 3.65. The van der Waals surface area contributed by atoms with Crippen molar-refractivity contribution >= 4 is 5.69 Å². The molecular formula is C43H81N. The third kappa shape index (κ3) is 29.7. The molecule has 1 nitrogen and oxygen atoms in total. The van der Waals surface area contributed by atoms with Gasteiger partial charge in [0.1, 0.15) is 0 Å². The first kappa shape index (κ1) is 41.0. The van der Waals surface area contributed by atoms with Gasteiger partial charge in [0.25, 0.3) is 0 Å². The minimum absolute atomic E-state index is 1.12. The van der Waals surface area contributed by atoms with E-state index in [2.05, 4.69) is 43.4 Å². The summed E-state index contributed by atoms with van der Waals surface area (Å²) in [6.07, 6.45) is 48.8. The Morgan fingerprint density at radius 1 is 0.318 bits per heavy atom. The lowest BCUT2D eigenvalue weighted by Crippen LogP contribution is -2.01. The standard InChI is InChI=1S/C43H81N/c1-3-5-7-9-11-13-15-17-19-21-22-24-26-28-30-32-34-36-42-37-39-43(40-38-42)44-41-35-33-31-29-27-25-23-20-18-16-14-12-10-8-6-4-2/h37-40,44H,3-36,41H2,1-2H3. The van der Waals surface area contributed by atoms with Crippen molar-refractivity contribution in [3.05, 3.63) is 29.8 Å². The van der Waals surface area contributed by atoms with E-state index in [4.69, 9.17) is 0 Å². The summed E-state index contributed by atoms with van der Waals surface area (Å²) in [5, 5.41) is 3.65. The highest BCUT2D eigenvalue weighted by molar-refractivity contribution is 5.44. The van der Waals surface area contributed by atoms with Crippen molar-refractivity contribution in [1.29, 1.82) is 0 Å². The molecule has 0 aromatic heterocycles. The van der Waals surface area contributed by atoms with Gasteiger partial charge in [0.15, 0.2) is 0 Å². The van der Waals surface area contributed by atoms with Crippen LogP contribution in [0.4, 0.5) is 5.69 Å². The van der Waals surface area contributed by atoms with Gasteiger partial charge in [-0.15, -0.1) is 0 Å². The van der Waals surface area contributed by atoms with E-state index in [9.17, 15) is 0 Å². The molecule has 44 heavy (non-hydrogen) atoms. The lowest BCUT2D eigenvalue weighted by Gasteiger charge is -2.08. The second-order valence-electron chi connectivity index (χ2n) is 14.3. The Morgan fingerprint density at radius 3 is 0.909 bits per heavy atom. The van der Waals surface area contributed by atoms with Crippen LogP contribution in [0.2, 0.25) is 0 Å². The van der Waals surface area contributed by atoms with Crippen LogP contribution >= 0.6 is 0 Å². The highest BCUT2D eigenvalue weighted by Crippen LogP contribution is 2.17. The summed E-state index contributed by atoms with van der Waals surface area (Å²) in [5.74, 6) is 0. The van der Waals surface area contributed by atoms with Crippen LogP contribution < -0.4 is 5.32 Å². The zero-order valence-electron chi connectivity index (χ0n) is 30.6. The lowest BCUT2D eigenvalue weighted by atomic mass is 10.0. The van der Waals surface area contributed by atoms with Gasteiger partial charge in [-0.25, -0.2) is 0 Å². The lowest BCUT2D eigenvalue weighted by molar-refractivity contribution is 0.527. The van der Waals surface area contributed by atoms with Crippen LogP contribution in [0.5, 0.6) is 0 Å². The summed E-state index contributed by atoms with van der Waals surface area (Å²) in [7, 11) is 0. The molecule has 0 aliphatic rings. The van der Waals surface area contributed by atoms with E-state index < -0.39 is 0 Å². The smallest absolute Gasteiger partial charge is 0.0340 e. The minimum Gasteiger partial charge on any atom is -0.385 e. The average molecular weight is 612 g/mol. The van der Waals surface area contributed by atoms with Crippen LogP contribution in [0.3, 0.4) is 0 Å². The monoisotopic (exact) mass is 612 g/mol. The van der Waals surface area contributed by atoms with E-state index >= 15 is 0 Å². The Kier molecular flexibility index (Phi) is 32.5. The van der Waals surface area contributed by atoms with Gasteiger partial charge in [-0.2, -0.15) is 0 Å². The first-order chi connectivity index (χ1) is 21.9. The molecule has 0 heterocycles. The van der Waals surface area contributed by atoms with Gasteiger partial charge in [-0.1, -0.05) is 225 Å². The van der Waals surface area contributed by atoms with Crippen LogP contribution in [-0.2, 0) is 6.42 Å². The van der Waals surface area contributed by atoms with Gasteiger partial charge in [0, 0.05) is 12.2 Å². The number of aryl methyl sites for hydroxylation is 1. The van der Waals surface area contributed by atoms with Gasteiger partial charge in [0.05, 0.1) is 0 Å². The molecule has 1 heteroatoms. The van der Waals surface area contributed by atoms with Crippen molar-refractivity contribution in [3.63, 3.8) is 0 Å². The Balaban J connectivity index is 1.79. The fourth-order valence-electron chi connectivity index (χ4n) is 6.75. The molecule has 1 aromatic rings. The predicted molar refractivity (Wildman–Crippen MR) is 202 cm³/mol. The van der Waals surface area contributed by atoms with Crippen molar-refractivity contribution < 1.29 is 0 Å². The van der Waals surface area contributed by atoms with E-state index in [0.29, 0.717) is 0 Å². The molecule has 1 aromatic carbocycles. The number of anilines is 1. The van der Waals surface area contributed by atoms with E-state index in [1.165, 1.54) is 230 Å². The van der Waals surface area contributed by atoms with Gasteiger partial charge < -0.3 is 5.32 Å². The van der Waals surface area contributed by atoms with Gasteiger partial charge in [-0.3, -0.25) is 0 Å². The topological polar surface area (TPSA) is 12.0 Å². The molecule has 0 saturated heterocycles. The fourth-order valence-corrected chi connectivity index (χ4v) is 6.75. The summed E-state index contributed by atoms with van der Waals surface area (Å²) in [6, 6.07) is 9.30. The number of benzene rings is 1. The first-order valence-corrected chi connectivity index (χ1v) is 20.7. The summed E-state index contributed by atoms with van der Waals surface area (Å²) < 4.78 is 0. The third-order valence-corrected chi connectivity index (χ3v) is 9.88. The summed E-state index contributed by atoms with van der Waals surface area (Å²) >= 11 is 0. The molecule has 1 N–H and O–H groups in total. The largest absolute Gasteiger partial charge is 0.385 e. The SMILES string of the molecule is CCCCCCCCCCCCCCCCCCCc1ccc(NCCCCCCCCCCCCCCCCCC)cc1. The molecule has 0 bridgehead atoms. The zero-order chi connectivity index (χ0) is 31.4. The second kappa shape index (κ2) is 34.9. The van der Waals surface area contributed by atoms with E-state index in [1.807, 2.05) is 0 Å². The zero-order valence-corrected chi connectivity index (χ0v) is 30.6. The molecule has 0 unspecified atom stereocenters. The number of rotatable bonds is 36. The minimum atomic E-state index is 1.12. The maximum absolute atomic E-state index is 3.65. The number of hydrogen-bond donors (Lipinski definition) is 1. The summed E-state index contributed by atoms with van der Waals surface area (Å²) in [5.41, 5.74) is 2.82. The molecule has 0 atom stereocenters. The number of hydrogen-bond acceptors (Lipinski definition) is 1. The highest BCUT2D eigenvalue weighted by Gasteiger charge is 1.99. The molecule has 0 saturated carbocycles. The molecule has 1 rings (SSSR count). The number of unbranched alkanes of at least 4 members (excludes halogenated alkanes) is 31. The molecule has 0 amide bonds. The van der Waals surface area contributed by atoms with Crippen LogP contribution in [0.15, 0.2) is 24.3 Å². The molecule has 0 aliphatic heterocycles. The Morgan fingerprint density at radius 2 is 0.591 bits per heavy atom. The Hall–Kier alpha value is -0.980. The Labute approximate surface area is 278 Å². The molecule has 0 aliphatic carbocycles. The molecule has 0 spiro atoms. The van der Waals surface area contributed by atoms with E-state index in [1.54, 1.807) is 0 Å². The maximum Gasteiger partial charge on any atom is 0.0340 e. The highest BCUT2D eigenvalue weighted by atomic mass is 14.9. The van der Waals surface area contributed by atoms with E-state index in [-0.39, 0.29) is 0 Å². The van der Waals surface area contributed by atoms with Crippen molar-refractivity contribution in [2.75, 3.05) is 11.9 Å². The van der Waals surface area contributed by atoms with Crippen LogP contribution in [0, 0.1) is 0 Å². The van der Waals surface area contributed by atoms with Gasteiger partial charge in [-0.05, 0) is 37.0 Å². The third-order valence-electron chi connectivity index (χ3n) is 9.88. The van der Waals surface area contributed by atoms with E-state index in [0.717, 1.165) is 6.54 Å². The van der Waals surface area contributed by atoms with Crippen LogP contribution in [0.25, 0.3) is 0 Å². The molecular weight excluding hydrogens is 530 g/mol. The van der Waals surface area contributed by atoms with Crippen molar-refractivity contribution in [1.82, 2.24) is 0 Å². The quantitative estimate of drug-likeness (QED) is 0.0744. The van der Waals surface area contributed by atoms with Crippen LogP contribution in [-0.4, -0.2) is 6.54 Å². The Bertz CT molecular complexity index is 592. The molecule has 258 valence electrons. The van der Waals surface area contributed by atoms with Crippen LogP contribution in [0.1, 0.15) is 231 Å². The van der Waals surface area contributed by atoms with Gasteiger partial charge in [0.2, 0.25) is 0 Å². The van der Waals surface area contributed by atoms with Crippen molar-refractivity contribution in [2.45, 2.75) is 232 Å². The number of nitrogens with one attached hydrogen (secondary N) is 1.